The maximum absolute atomic E-state index is 14.8. The summed E-state index contributed by atoms with van der Waals surface area (Å²) in [6.45, 7) is -0.0633. The van der Waals surface area contributed by atoms with Gasteiger partial charge in [-0.05, 0) is 53.6 Å². The van der Waals surface area contributed by atoms with Gasteiger partial charge in [-0.15, -0.1) is 0 Å². The van der Waals surface area contributed by atoms with Crippen LogP contribution in [0.15, 0.2) is 100 Å². The zero-order valence-corrected chi connectivity index (χ0v) is 22.0. The van der Waals surface area contributed by atoms with E-state index in [0.717, 1.165) is 12.1 Å². The normalized spacial score (nSPS) is 17.5. The largest absolute Gasteiger partial charge is 0.450 e. The van der Waals surface area contributed by atoms with Crippen molar-refractivity contribution in [2.45, 2.75) is 18.6 Å². The highest BCUT2D eigenvalue weighted by atomic mass is 35.5. The molecule has 0 bridgehead atoms. The smallest absolute Gasteiger partial charge is 0.291 e. The van der Waals surface area contributed by atoms with Gasteiger partial charge in [-0.3, -0.25) is 14.4 Å². The molecule has 0 radical (unpaired) electrons. The number of benzene rings is 4. The summed E-state index contributed by atoms with van der Waals surface area (Å²) in [5, 5.41) is 0.361. The minimum atomic E-state index is -1.92. The molecule has 1 aromatic heterocycles. The highest BCUT2D eigenvalue weighted by molar-refractivity contribution is 6.31. The second kappa shape index (κ2) is 9.11. The van der Waals surface area contributed by atoms with Gasteiger partial charge in [0.05, 0.1) is 23.2 Å². The third-order valence-electron chi connectivity index (χ3n) is 7.74. The zero-order valence-electron chi connectivity index (χ0n) is 21.2. The van der Waals surface area contributed by atoms with E-state index in [4.69, 9.17) is 16.0 Å². The molecule has 0 N–H and O–H groups in total. The molecular formula is C32H19ClF2N2O4. The Kier molecular flexibility index (Phi) is 5.59. The molecule has 7 rings (SSSR count). The summed E-state index contributed by atoms with van der Waals surface area (Å²) in [6, 6.07) is 22.9. The number of carbonyl (C=O) groups is 2. The first-order chi connectivity index (χ1) is 19.8. The lowest BCUT2D eigenvalue weighted by molar-refractivity contribution is -0.126. The van der Waals surface area contributed by atoms with Gasteiger partial charge in [0.1, 0.15) is 17.2 Å². The maximum Gasteiger partial charge on any atom is 0.291 e. The minimum absolute atomic E-state index is 0.0222. The molecule has 1 atom stereocenters. The molecule has 202 valence electrons. The van der Waals surface area contributed by atoms with Gasteiger partial charge in [-0.2, -0.15) is 0 Å². The number of nitrogens with zero attached hydrogens (tertiary/aromatic N) is 2. The van der Waals surface area contributed by atoms with E-state index in [-0.39, 0.29) is 35.4 Å². The van der Waals surface area contributed by atoms with Gasteiger partial charge < -0.3 is 14.2 Å². The van der Waals surface area contributed by atoms with Crippen LogP contribution in [0.5, 0.6) is 0 Å². The molecule has 6 nitrogen and oxygen atoms in total. The number of amides is 2. The van der Waals surface area contributed by atoms with Crippen LogP contribution in [0.2, 0.25) is 5.02 Å². The van der Waals surface area contributed by atoms with Gasteiger partial charge in [0.25, 0.3) is 11.8 Å². The van der Waals surface area contributed by atoms with E-state index in [0.29, 0.717) is 27.4 Å². The van der Waals surface area contributed by atoms with E-state index in [1.165, 1.54) is 40.1 Å². The first-order valence-corrected chi connectivity index (χ1v) is 13.2. The van der Waals surface area contributed by atoms with Crippen LogP contribution in [0.1, 0.15) is 32.8 Å². The summed E-state index contributed by atoms with van der Waals surface area (Å²) in [5.74, 6) is -2.66. The van der Waals surface area contributed by atoms with Gasteiger partial charge in [0.15, 0.2) is 11.0 Å². The molecule has 0 saturated carbocycles. The first kappa shape index (κ1) is 25.2. The molecule has 9 heteroatoms. The minimum Gasteiger partial charge on any atom is -0.450 e. The van der Waals surface area contributed by atoms with Gasteiger partial charge in [0, 0.05) is 17.1 Å². The van der Waals surface area contributed by atoms with Crippen molar-refractivity contribution in [2.75, 3.05) is 4.90 Å². The summed E-state index contributed by atoms with van der Waals surface area (Å²) < 4.78 is 34.0. The molecule has 2 aliphatic rings. The molecular weight excluding hydrogens is 550 g/mol. The highest BCUT2D eigenvalue weighted by Crippen LogP contribution is 2.53. The molecule has 5 aromatic rings. The van der Waals surface area contributed by atoms with Crippen LogP contribution < -0.4 is 10.3 Å². The predicted octanol–water partition coefficient (Wildman–Crippen LogP) is 6.17. The Labute approximate surface area is 237 Å². The number of halogens is 3. The Hall–Kier alpha value is -4.82. The molecule has 2 amide bonds. The van der Waals surface area contributed by atoms with E-state index in [1.807, 2.05) is 0 Å². The fourth-order valence-electron chi connectivity index (χ4n) is 5.91. The molecule has 2 aliphatic heterocycles. The molecule has 4 aromatic carbocycles. The Balaban J connectivity index is 1.52. The monoisotopic (exact) mass is 568 g/mol. The van der Waals surface area contributed by atoms with Gasteiger partial charge >= 0.3 is 0 Å². The van der Waals surface area contributed by atoms with E-state index in [9.17, 15) is 23.2 Å². The molecule has 0 aliphatic carbocycles. The fraction of sp³-hybridized carbons (Fsp3) is 0.0938. The van der Waals surface area contributed by atoms with Crippen molar-refractivity contribution in [3.05, 3.63) is 146 Å². The van der Waals surface area contributed by atoms with Crippen molar-refractivity contribution >= 4 is 40.1 Å². The molecule has 1 unspecified atom stereocenters. The lowest BCUT2D eigenvalue weighted by atomic mass is 9.83. The summed E-state index contributed by atoms with van der Waals surface area (Å²) >= 11 is 6.45. The van der Waals surface area contributed by atoms with Gasteiger partial charge in [-0.1, -0.05) is 60.1 Å². The van der Waals surface area contributed by atoms with E-state index in [1.54, 1.807) is 48.5 Å². The van der Waals surface area contributed by atoms with Crippen molar-refractivity contribution < 1.29 is 22.8 Å². The van der Waals surface area contributed by atoms with Crippen molar-refractivity contribution in [3.8, 4) is 0 Å². The number of fused-ring (bicyclic) bond motifs is 5. The number of anilines is 1. The second-order valence-corrected chi connectivity index (χ2v) is 10.4. The van der Waals surface area contributed by atoms with Crippen LogP contribution >= 0.6 is 11.6 Å². The molecule has 0 fully saturated rings. The number of rotatable bonds is 4. The average Bonchev–Trinajstić information content (AvgIpc) is 3.36. The summed E-state index contributed by atoms with van der Waals surface area (Å²) in [5.41, 5.74) is -0.675. The fourth-order valence-corrected chi connectivity index (χ4v) is 6.11. The summed E-state index contributed by atoms with van der Waals surface area (Å²) in [7, 11) is 0. The van der Waals surface area contributed by atoms with E-state index >= 15 is 0 Å². The SMILES string of the molecule is O=C1c2oc3ccc(F)cc3c(=O)c2C2(C(=O)N(Cc3ccccc3Cl)c3ccccc32)N1Cc1ccc(F)cc1. The standard InChI is InChI=1S/C32H19ClF2N2O4/c33-24-7-3-1-5-19(24)17-36-25-8-4-2-6-23(25)32(31(36)40)27-28(38)22-15-21(35)13-14-26(22)41-29(27)30(39)37(32)16-18-9-11-20(34)12-10-18/h1-15H,16-17H2. The van der Waals surface area contributed by atoms with Gasteiger partial charge in [0.2, 0.25) is 5.76 Å². The number of para-hydroxylation sites is 1. The van der Waals surface area contributed by atoms with Crippen LogP contribution in [0.3, 0.4) is 0 Å². The molecule has 1 spiro atoms. The topological polar surface area (TPSA) is 70.8 Å². The number of carbonyl (C=O) groups excluding carboxylic acids is 2. The highest BCUT2D eigenvalue weighted by Gasteiger charge is 2.65. The third-order valence-corrected chi connectivity index (χ3v) is 8.11. The van der Waals surface area contributed by atoms with Crippen molar-refractivity contribution in [1.82, 2.24) is 4.90 Å². The lowest BCUT2D eigenvalue weighted by Gasteiger charge is -2.34. The van der Waals surface area contributed by atoms with Crippen LogP contribution in [0.25, 0.3) is 11.0 Å². The van der Waals surface area contributed by atoms with Gasteiger partial charge in [-0.25, -0.2) is 8.78 Å². The van der Waals surface area contributed by atoms with Crippen LogP contribution in [0, 0.1) is 11.6 Å². The van der Waals surface area contributed by atoms with Crippen LogP contribution in [-0.2, 0) is 23.4 Å². The summed E-state index contributed by atoms with van der Waals surface area (Å²) in [6.07, 6.45) is 0. The Bertz CT molecular complexity index is 1970. The Morgan fingerprint density at radius 2 is 1.51 bits per heavy atom. The summed E-state index contributed by atoms with van der Waals surface area (Å²) in [4.78, 5) is 45.8. The van der Waals surface area contributed by atoms with Crippen LogP contribution in [0.4, 0.5) is 14.5 Å². The Morgan fingerprint density at radius 3 is 2.29 bits per heavy atom. The number of hydrogen-bond donors (Lipinski definition) is 0. The molecule has 0 saturated heterocycles. The second-order valence-electron chi connectivity index (χ2n) is 10.0. The first-order valence-electron chi connectivity index (χ1n) is 12.8. The Morgan fingerprint density at radius 1 is 0.805 bits per heavy atom. The maximum atomic E-state index is 14.8. The average molecular weight is 569 g/mol. The zero-order chi connectivity index (χ0) is 28.5. The molecule has 3 heterocycles. The predicted molar refractivity (Wildman–Crippen MR) is 149 cm³/mol. The number of hydrogen-bond acceptors (Lipinski definition) is 4. The quantitative estimate of drug-likeness (QED) is 0.260. The lowest BCUT2D eigenvalue weighted by Crippen LogP contribution is -2.52. The van der Waals surface area contributed by atoms with Crippen LogP contribution in [-0.4, -0.2) is 16.7 Å². The van der Waals surface area contributed by atoms with Crippen molar-refractivity contribution in [3.63, 3.8) is 0 Å². The third kappa shape index (κ3) is 3.57. The van der Waals surface area contributed by atoms with E-state index in [2.05, 4.69) is 0 Å². The van der Waals surface area contributed by atoms with Crippen molar-refractivity contribution in [1.29, 1.82) is 0 Å². The van der Waals surface area contributed by atoms with E-state index < -0.39 is 34.4 Å². The molecule has 41 heavy (non-hydrogen) atoms. The van der Waals surface area contributed by atoms with Crippen molar-refractivity contribution in [2.24, 2.45) is 0 Å².